The monoisotopic (exact) mass is 503 g/mol. The minimum atomic E-state index is 0.662. The summed E-state index contributed by atoms with van der Waals surface area (Å²) in [5.41, 5.74) is 5.09. The van der Waals surface area contributed by atoms with E-state index >= 15 is 0 Å². The van der Waals surface area contributed by atoms with Crippen LogP contribution in [-0.4, -0.2) is 14.2 Å². The molecule has 34 heavy (non-hydrogen) atoms. The number of thioether (sulfide) groups is 1. The summed E-state index contributed by atoms with van der Waals surface area (Å²) in [4.78, 5) is 3.60. The molecule has 0 fully saturated rings. The SMILES string of the molecule is COc1cc2sc3[n+](c2cc1Cl)CC\C3=C/C(C)=C/C=C1\Sc2cc3ccccc3cc2N1C. The van der Waals surface area contributed by atoms with Gasteiger partial charge in [0.1, 0.15) is 10.4 Å². The molecule has 3 aromatic carbocycles. The first-order valence-corrected chi connectivity index (χ1v) is 13.3. The molecule has 4 aromatic rings. The fraction of sp³-hybridized carbons (Fsp3) is 0.179. The number of allylic oxidation sites excluding steroid dienone is 5. The van der Waals surface area contributed by atoms with Gasteiger partial charge >= 0.3 is 0 Å². The molecule has 0 aliphatic carbocycles. The molecule has 0 bridgehead atoms. The summed E-state index contributed by atoms with van der Waals surface area (Å²) in [6.07, 6.45) is 7.83. The van der Waals surface area contributed by atoms with Gasteiger partial charge in [0.2, 0.25) is 5.52 Å². The Morgan fingerprint density at radius 2 is 1.94 bits per heavy atom. The van der Waals surface area contributed by atoms with E-state index in [9.17, 15) is 0 Å². The number of methoxy groups -OCH3 is 1. The fourth-order valence-electron chi connectivity index (χ4n) is 4.70. The fourth-order valence-corrected chi connectivity index (χ4v) is 7.26. The third kappa shape index (κ3) is 3.63. The van der Waals surface area contributed by atoms with Gasteiger partial charge in [-0.1, -0.05) is 70.6 Å². The summed E-state index contributed by atoms with van der Waals surface area (Å²) in [6, 6.07) is 17.2. The zero-order valence-electron chi connectivity index (χ0n) is 19.3. The molecule has 0 radical (unpaired) electrons. The number of anilines is 1. The molecule has 3 nitrogen and oxygen atoms in total. The second kappa shape index (κ2) is 8.49. The number of hydrogen-bond acceptors (Lipinski definition) is 4. The van der Waals surface area contributed by atoms with Gasteiger partial charge in [0.15, 0.2) is 6.54 Å². The highest BCUT2D eigenvalue weighted by molar-refractivity contribution is 8.03. The number of rotatable bonds is 3. The number of nitrogens with zero attached hydrogens (tertiary/aromatic N) is 2. The summed E-state index contributed by atoms with van der Waals surface area (Å²) in [6.45, 7) is 3.17. The summed E-state index contributed by atoms with van der Waals surface area (Å²) in [5.74, 6) is 0.731. The number of aryl methyl sites for hydroxylation is 1. The largest absolute Gasteiger partial charge is 0.495 e. The molecule has 2 aliphatic rings. The Morgan fingerprint density at radius 3 is 2.74 bits per heavy atom. The second-order valence-electron chi connectivity index (χ2n) is 8.68. The van der Waals surface area contributed by atoms with Crippen LogP contribution in [0, 0.1) is 0 Å². The third-order valence-corrected chi connectivity index (χ3v) is 9.16. The molecule has 0 N–H and O–H groups in total. The molecular weight excluding hydrogens is 480 g/mol. The van der Waals surface area contributed by atoms with Gasteiger partial charge in [-0.05, 0) is 42.0 Å². The van der Waals surface area contributed by atoms with Crippen molar-refractivity contribution in [1.29, 1.82) is 0 Å². The van der Waals surface area contributed by atoms with Crippen molar-refractivity contribution in [1.82, 2.24) is 0 Å². The Bertz CT molecular complexity index is 1560. The average molecular weight is 504 g/mol. The van der Waals surface area contributed by atoms with Crippen molar-refractivity contribution in [3.05, 3.63) is 87.4 Å². The Balaban J connectivity index is 1.29. The van der Waals surface area contributed by atoms with Crippen LogP contribution in [0.4, 0.5) is 5.69 Å². The van der Waals surface area contributed by atoms with E-state index in [-0.39, 0.29) is 0 Å². The van der Waals surface area contributed by atoms with E-state index in [0.717, 1.165) is 18.7 Å². The van der Waals surface area contributed by atoms with Crippen molar-refractivity contribution in [2.45, 2.75) is 24.8 Å². The number of fused-ring (bicyclic) bond motifs is 5. The first-order chi connectivity index (χ1) is 16.5. The van der Waals surface area contributed by atoms with Crippen LogP contribution in [0.2, 0.25) is 5.02 Å². The minimum Gasteiger partial charge on any atom is -0.495 e. The predicted octanol–water partition coefficient (Wildman–Crippen LogP) is 7.82. The lowest BCUT2D eigenvalue weighted by Gasteiger charge is -2.13. The topological polar surface area (TPSA) is 16.4 Å². The third-order valence-electron chi connectivity index (χ3n) is 6.48. The summed E-state index contributed by atoms with van der Waals surface area (Å²) < 4.78 is 9.00. The van der Waals surface area contributed by atoms with Gasteiger partial charge in [0.25, 0.3) is 5.01 Å². The minimum absolute atomic E-state index is 0.662. The standard InChI is InChI=1S/C28H24ClN2OS2/c1-17(8-9-27-30(2)22-13-18-6-4-5-7-19(18)14-25(22)33-27)12-20-10-11-31-23-15-21(29)24(32-3)16-26(23)34-28(20)31/h4-9,12-16H,10-11H2,1-3H3/q+1. The van der Waals surface area contributed by atoms with Crippen molar-refractivity contribution in [3.63, 3.8) is 0 Å². The quantitative estimate of drug-likeness (QED) is 0.265. The predicted molar refractivity (Wildman–Crippen MR) is 146 cm³/mol. The zero-order chi connectivity index (χ0) is 23.4. The number of ether oxygens (including phenoxy) is 1. The number of benzene rings is 3. The van der Waals surface area contributed by atoms with Gasteiger partial charge in [-0.2, -0.15) is 4.57 Å². The Kier molecular flexibility index (Phi) is 5.44. The van der Waals surface area contributed by atoms with Gasteiger partial charge < -0.3 is 9.64 Å². The van der Waals surface area contributed by atoms with Gasteiger partial charge in [-0.25, -0.2) is 0 Å². The van der Waals surface area contributed by atoms with E-state index in [1.165, 1.54) is 52.8 Å². The number of halogens is 1. The number of hydrogen-bond donors (Lipinski definition) is 0. The molecule has 0 atom stereocenters. The van der Waals surface area contributed by atoms with Gasteiger partial charge in [-0.15, -0.1) is 0 Å². The van der Waals surface area contributed by atoms with Crippen LogP contribution in [0.1, 0.15) is 18.4 Å². The summed E-state index contributed by atoms with van der Waals surface area (Å²) in [7, 11) is 3.81. The molecule has 3 heterocycles. The van der Waals surface area contributed by atoms with E-state index < -0.39 is 0 Å². The van der Waals surface area contributed by atoms with Crippen molar-refractivity contribution in [2.75, 3.05) is 19.1 Å². The molecule has 0 amide bonds. The van der Waals surface area contributed by atoms with Crippen LogP contribution in [0.3, 0.4) is 0 Å². The molecule has 170 valence electrons. The molecular formula is C28H24ClN2OS2+. The van der Waals surface area contributed by atoms with Crippen molar-refractivity contribution >= 4 is 66.9 Å². The summed E-state index contributed by atoms with van der Waals surface area (Å²) in [5, 5.41) is 5.79. The second-order valence-corrected chi connectivity index (χ2v) is 11.2. The summed E-state index contributed by atoms with van der Waals surface area (Å²) >= 11 is 10.0. The van der Waals surface area contributed by atoms with Crippen LogP contribution in [0.5, 0.6) is 5.75 Å². The van der Waals surface area contributed by atoms with Crippen molar-refractivity contribution in [2.24, 2.45) is 0 Å². The highest BCUT2D eigenvalue weighted by Crippen LogP contribution is 2.46. The van der Waals surface area contributed by atoms with Crippen LogP contribution < -0.4 is 14.2 Å². The smallest absolute Gasteiger partial charge is 0.266 e. The number of thiazole rings is 1. The molecule has 6 rings (SSSR count). The van der Waals surface area contributed by atoms with Crippen LogP contribution >= 0.6 is 34.7 Å². The Labute approximate surface area is 212 Å². The first kappa shape index (κ1) is 21.8. The maximum atomic E-state index is 6.39. The first-order valence-electron chi connectivity index (χ1n) is 11.3. The Morgan fingerprint density at radius 1 is 1.15 bits per heavy atom. The van der Waals surface area contributed by atoms with Gasteiger partial charge in [0, 0.05) is 36.1 Å². The molecule has 2 aliphatic heterocycles. The lowest BCUT2D eigenvalue weighted by Crippen LogP contribution is -2.30. The van der Waals surface area contributed by atoms with Crippen LogP contribution in [-0.2, 0) is 6.54 Å². The van der Waals surface area contributed by atoms with E-state index in [1.807, 2.05) is 35.2 Å². The molecule has 1 aromatic heterocycles. The number of aromatic nitrogens is 1. The highest BCUT2D eigenvalue weighted by Gasteiger charge is 2.31. The van der Waals surface area contributed by atoms with Crippen LogP contribution in [0.15, 0.2) is 82.3 Å². The van der Waals surface area contributed by atoms with Gasteiger partial charge in [0.05, 0.1) is 22.8 Å². The molecule has 0 saturated carbocycles. The Hall–Kier alpha value is -2.73. The maximum Gasteiger partial charge on any atom is 0.266 e. The normalized spacial score (nSPS) is 17.9. The van der Waals surface area contributed by atoms with E-state index in [0.29, 0.717) is 5.02 Å². The van der Waals surface area contributed by atoms with E-state index in [4.69, 9.17) is 16.3 Å². The van der Waals surface area contributed by atoms with Crippen LogP contribution in [0.25, 0.3) is 26.6 Å². The zero-order valence-corrected chi connectivity index (χ0v) is 21.7. The average Bonchev–Trinajstić information content (AvgIpc) is 3.48. The lowest BCUT2D eigenvalue weighted by molar-refractivity contribution is -0.659. The molecule has 0 saturated heterocycles. The highest BCUT2D eigenvalue weighted by atomic mass is 35.5. The van der Waals surface area contributed by atoms with Crippen molar-refractivity contribution in [3.8, 4) is 5.75 Å². The van der Waals surface area contributed by atoms with E-state index in [2.05, 4.69) is 78.1 Å². The molecule has 6 heteroatoms. The molecule has 0 unspecified atom stereocenters. The van der Waals surface area contributed by atoms with Gasteiger partial charge in [-0.3, -0.25) is 0 Å². The van der Waals surface area contributed by atoms with E-state index in [1.54, 1.807) is 7.11 Å². The maximum absolute atomic E-state index is 6.39. The molecule has 0 spiro atoms. The lowest BCUT2D eigenvalue weighted by atomic mass is 10.1. The van der Waals surface area contributed by atoms with Crippen molar-refractivity contribution < 1.29 is 9.30 Å².